The van der Waals surface area contributed by atoms with E-state index in [1.807, 2.05) is 6.92 Å². The number of halogens is 2. The van der Waals surface area contributed by atoms with Crippen LogP contribution in [0.25, 0.3) is 0 Å². The van der Waals surface area contributed by atoms with Crippen molar-refractivity contribution in [1.82, 2.24) is 0 Å². The third kappa shape index (κ3) is 3.25. The minimum Gasteiger partial charge on any atom is -0.377 e. The lowest BCUT2D eigenvalue weighted by Crippen LogP contribution is -1.99. The molecule has 0 fully saturated rings. The van der Waals surface area contributed by atoms with Crippen LogP contribution in [0.5, 0.6) is 0 Å². The van der Waals surface area contributed by atoms with Gasteiger partial charge >= 0.3 is 0 Å². The Kier molecular flexibility index (Phi) is 4.69. The van der Waals surface area contributed by atoms with Crippen LogP contribution < -0.4 is 0 Å². The summed E-state index contributed by atoms with van der Waals surface area (Å²) in [7, 11) is 0. The highest BCUT2D eigenvalue weighted by Gasteiger charge is 2.19. The van der Waals surface area contributed by atoms with Crippen LogP contribution in [0.15, 0.2) is 21.1 Å². The van der Waals surface area contributed by atoms with Gasteiger partial charge in [0.05, 0.1) is 21.6 Å². The fraction of sp³-hybridized carbons (Fsp3) is 0.333. The van der Waals surface area contributed by atoms with E-state index < -0.39 is 4.92 Å². The van der Waals surface area contributed by atoms with Crippen LogP contribution in [0.2, 0.25) is 0 Å². The van der Waals surface area contributed by atoms with Gasteiger partial charge in [-0.25, -0.2) is 0 Å². The zero-order chi connectivity index (χ0) is 11.4. The molecular weight excluding hydrogens is 330 g/mol. The van der Waals surface area contributed by atoms with E-state index in [0.717, 1.165) is 4.47 Å². The van der Waals surface area contributed by atoms with Gasteiger partial charge in [0.25, 0.3) is 5.69 Å². The topological polar surface area (TPSA) is 52.4 Å². The van der Waals surface area contributed by atoms with Crippen LogP contribution in [-0.4, -0.2) is 11.5 Å². The standard InChI is InChI=1S/C9H9Br2NO3/c1-2-15-5-6-3-7(10)4-8(11)9(6)12(13)14/h3-4H,2,5H2,1H3. The Labute approximate surface area is 104 Å². The summed E-state index contributed by atoms with van der Waals surface area (Å²) in [6, 6.07) is 3.34. The quantitative estimate of drug-likeness (QED) is 0.622. The number of ether oxygens (including phenoxy) is 1. The van der Waals surface area contributed by atoms with E-state index in [9.17, 15) is 10.1 Å². The van der Waals surface area contributed by atoms with E-state index in [1.54, 1.807) is 12.1 Å². The molecule has 0 N–H and O–H groups in total. The predicted octanol–water partition coefficient (Wildman–Crippen LogP) is 3.66. The van der Waals surface area contributed by atoms with Gasteiger partial charge in [0.2, 0.25) is 0 Å². The molecule has 1 aromatic rings. The number of rotatable bonds is 4. The van der Waals surface area contributed by atoms with Gasteiger partial charge in [-0.2, -0.15) is 0 Å². The first-order valence-electron chi connectivity index (χ1n) is 4.26. The number of nitro groups is 1. The van der Waals surface area contributed by atoms with Gasteiger partial charge in [-0.05, 0) is 35.0 Å². The van der Waals surface area contributed by atoms with Gasteiger partial charge in [-0.1, -0.05) is 15.9 Å². The molecule has 0 aliphatic rings. The van der Waals surface area contributed by atoms with Crippen LogP contribution in [0, 0.1) is 10.1 Å². The predicted molar refractivity (Wildman–Crippen MR) is 63.8 cm³/mol. The minimum atomic E-state index is -0.412. The van der Waals surface area contributed by atoms with E-state index >= 15 is 0 Å². The average Bonchev–Trinajstić information content (AvgIpc) is 2.12. The van der Waals surface area contributed by atoms with Gasteiger partial charge < -0.3 is 4.74 Å². The number of hydrogen-bond acceptors (Lipinski definition) is 3. The normalized spacial score (nSPS) is 10.3. The number of nitrogens with zero attached hydrogens (tertiary/aromatic N) is 1. The Morgan fingerprint density at radius 3 is 2.67 bits per heavy atom. The van der Waals surface area contributed by atoms with E-state index in [-0.39, 0.29) is 12.3 Å². The Morgan fingerprint density at radius 1 is 1.47 bits per heavy atom. The van der Waals surface area contributed by atoms with Crippen molar-refractivity contribution in [3.05, 3.63) is 36.8 Å². The monoisotopic (exact) mass is 337 g/mol. The molecule has 0 spiro atoms. The van der Waals surface area contributed by atoms with Crippen molar-refractivity contribution < 1.29 is 9.66 Å². The summed E-state index contributed by atoms with van der Waals surface area (Å²) in [6.07, 6.45) is 0. The zero-order valence-electron chi connectivity index (χ0n) is 8.00. The molecule has 0 unspecified atom stereocenters. The molecule has 0 aliphatic heterocycles. The molecule has 0 bridgehead atoms. The maximum atomic E-state index is 10.8. The summed E-state index contributed by atoms with van der Waals surface area (Å²) < 4.78 is 6.42. The molecule has 1 aromatic carbocycles. The summed E-state index contributed by atoms with van der Waals surface area (Å²) in [5.74, 6) is 0. The summed E-state index contributed by atoms with van der Waals surface area (Å²) in [4.78, 5) is 10.4. The first-order valence-corrected chi connectivity index (χ1v) is 5.85. The second kappa shape index (κ2) is 5.58. The van der Waals surface area contributed by atoms with Crippen LogP contribution in [0.3, 0.4) is 0 Å². The van der Waals surface area contributed by atoms with E-state index in [4.69, 9.17) is 4.74 Å². The van der Waals surface area contributed by atoms with Crippen molar-refractivity contribution in [2.24, 2.45) is 0 Å². The molecule has 0 atom stereocenters. The Hall–Kier alpha value is -0.460. The maximum absolute atomic E-state index is 10.8. The molecule has 4 nitrogen and oxygen atoms in total. The van der Waals surface area contributed by atoms with Gasteiger partial charge in [0.15, 0.2) is 0 Å². The summed E-state index contributed by atoms with van der Waals surface area (Å²) in [5, 5.41) is 10.8. The molecule has 0 aromatic heterocycles. The third-order valence-corrected chi connectivity index (χ3v) is 2.81. The van der Waals surface area contributed by atoms with Crippen LogP contribution >= 0.6 is 31.9 Å². The summed E-state index contributed by atoms with van der Waals surface area (Å²) in [6.45, 7) is 2.62. The van der Waals surface area contributed by atoms with Crippen molar-refractivity contribution in [2.75, 3.05) is 6.61 Å². The Balaban J connectivity index is 3.14. The van der Waals surface area contributed by atoms with E-state index in [1.165, 1.54) is 0 Å². The summed E-state index contributed by atoms with van der Waals surface area (Å²) >= 11 is 6.44. The molecule has 15 heavy (non-hydrogen) atoms. The Bertz CT molecular complexity index is 382. The molecule has 6 heteroatoms. The van der Waals surface area contributed by atoms with Crippen LogP contribution in [-0.2, 0) is 11.3 Å². The highest BCUT2D eigenvalue weighted by Crippen LogP contribution is 2.32. The van der Waals surface area contributed by atoms with Crippen LogP contribution in [0.1, 0.15) is 12.5 Å². The van der Waals surface area contributed by atoms with Crippen LogP contribution in [0.4, 0.5) is 5.69 Å². The summed E-state index contributed by atoms with van der Waals surface area (Å²) in [5.41, 5.74) is 0.620. The molecule has 0 radical (unpaired) electrons. The third-order valence-electron chi connectivity index (χ3n) is 1.75. The zero-order valence-corrected chi connectivity index (χ0v) is 11.2. The Morgan fingerprint density at radius 2 is 2.13 bits per heavy atom. The van der Waals surface area contributed by atoms with Gasteiger partial charge in [-0.3, -0.25) is 10.1 Å². The van der Waals surface area contributed by atoms with Gasteiger partial charge in [0.1, 0.15) is 0 Å². The fourth-order valence-electron chi connectivity index (χ4n) is 1.15. The lowest BCUT2D eigenvalue weighted by atomic mass is 10.2. The molecule has 0 saturated carbocycles. The lowest BCUT2D eigenvalue weighted by Gasteiger charge is -2.05. The van der Waals surface area contributed by atoms with Gasteiger partial charge in [-0.15, -0.1) is 0 Å². The fourth-order valence-corrected chi connectivity index (χ4v) is 2.60. The molecule has 0 heterocycles. The van der Waals surface area contributed by atoms with Crippen molar-refractivity contribution >= 4 is 37.5 Å². The number of hydrogen-bond donors (Lipinski definition) is 0. The minimum absolute atomic E-state index is 0.0617. The smallest absolute Gasteiger partial charge is 0.289 e. The van der Waals surface area contributed by atoms with E-state index in [2.05, 4.69) is 31.9 Å². The number of benzene rings is 1. The highest BCUT2D eigenvalue weighted by molar-refractivity contribution is 9.11. The number of nitro benzene ring substituents is 1. The molecular formula is C9H9Br2NO3. The van der Waals surface area contributed by atoms with Crippen molar-refractivity contribution in [3.63, 3.8) is 0 Å². The van der Waals surface area contributed by atoms with Gasteiger partial charge in [0, 0.05) is 11.1 Å². The molecule has 0 aliphatic carbocycles. The lowest BCUT2D eigenvalue weighted by molar-refractivity contribution is -0.386. The van der Waals surface area contributed by atoms with Crippen molar-refractivity contribution in [3.8, 4) is 0 Å². The van der Waals surface area contributed by atoms with E-state index in [0.29, 0.717) is 16.6 Å². The first-order chi connectivity index (χ1) is 7.06. The highest BCUT2D eigenvalue weighted by atomic mass is 79.9. The molecule has 0 amide bonds. The molecule has 1 rings (SSSR count). The SMILES string of the molecule is CCOCc1cc(Br)cc(Br)c1[N+](=O)[O-]. The average molecular weight is 339 g/mol. The maximum Gasteiger partial charge on any atom is 0.289 e. The van der Waals surface area contributed by atoms with Crippen molar-refractivity contribution in [1.29, 1.82) is 0 Å². The first kappa shape index (κ1) is 12.6. The molecule has 82 valence electrons. The van der Waals surface area contributed by atoms with Crippen molar-refractivity contribution in [2.45, 2.75) is 13.5 Å². The molecule has 0 saturated heterocycles. The second-order valence-corrected chi connectivity index (χ2v) is 4.56. The largest absolute Gasteiger partial charge is 0.377 e. The second-order valence-electron chi connectivity index (χ2n) is 2.79.